The number of rotatable bonds is 2. The molecule has 0 bridgehead atoms. The van der Waals surface area contributed by atoms with Crippen molar-refractivity contribution < 1.29 is 4.74 Å². The van der Waals surface area contributed by atoms with Crippen LogP contribution in [0.4, 0.5) is 0 Å². The second-order valence-corrected chi connectivity index (χ2v) is 3.01. The van der Waals surface area contributed by atoms with Crippen LogP contribution >= 0.6 is 0 Å². The van der Waals surface area contributed by atoms with Gasteiger partial charge in [0.1, 0.15) is 11.5 Å². The second-order valence-electron chi connectivity index (χ2n) is 3.01. The Morgan fingerprint density at radius 1 is 0.941 bits per heavy atom. The van der Waals surface area contributed by atoms with E-state index in [0.717, 1.165) is 24.4 Å². The van der Waals surface area contributed by atoms with Gasteiger partial charge in [-0.2, -0.15) is 0 Å². The van der Waals surface area contributed by atoms with Crippen molar-refractivity contribution in [2.24, 2.45) is 0 Å². The smallest absolute Gasteiger partial charge is 0.126 e. The van der Waals surface area contributed by atoms with E-state index in [4.69, 9.17) is 4.74 Å². The number of para-hydroxylation sites is 1. The molecule has 0 unspecified atom stereocenters. The highest BCUT2D eigenvalue weighted by molar-refractivity contribution is 5.25. The van der Waals surface area contributed by atoms with Crippen molar-refractivity contribution >= 4 is 0 Å². The van der Waals surface area contributed by atoms with E-state index in [0.29, 0.717) is 0 Å². The molecule has 1 aliphatic carbocycles. The minimum atomic E-state index is 0.920. The van der Waals surface area contributed by atoms with Crippen LogP contribution < -0.4 is 4.74 Å². The summed E-state index contributed by atoms with van der Waals surface area (Å²) in [6, 6.07) is 9.89. The van der Waals surface area contributed by atoms with Crippen LogP contribution in [0.2, 0.25) is 0 Å². The Labute approximate surface area is 106 Å². The molecule has 0 aromatic heterocycles. The maximum absolute atomic E-state index is 5.67. The molecular weight excluding hydrogens is 208 g/mol. The molecular formula is C16H24O. The molecule has 1 heteroatoms. The van der Waals surface area contributed by atoms with Crippen molar-refractivity contribution in [3.05, 3.63) is 54.3 Å². The minimum absolute atomic E-state index is 0.920. The van der Waals surface area contributed by atoms with Gasteiger partial charge in [-0.25, -0.2) is 0 Å². The van der Waals surface area contributed by atoms with Crippen LogP contribution in [0.3, 0.4) is 0 Å². The largest absolute Gasteiger partial charge is 0.462 e. The first kappa shape index (κ1) is 15.5. The highest BCUT2D eigenvalue weighted by atomic mass is 16.5. The van der Waals surface area contributed by atoms with E-state index < -0.39 is 0 Å². The van der Waals surface area contributed by atoms with Crippen molar-refractivity contribution in [1.82, 2.24) is 0 Å². The Morgan fingerprint density at radius 3 is 2.12 bits per heavy atom. The zero-order valence-corrected chi connectivity index (χ0v) is 11.4. The first-order valence-electron chi connectivity index (χ1n) is 6.54. The molecule has 1 aromatic rings. The molecule has 0 spiro atoms. The number of benzene rings is 1. The molecule has 0 saturated carbocycles. The molecule has 0 radical (unpaired) electrons. The van der Waals surface area contributed by atoms with Gasteiger partial charge in [0.15, 0.2) is 0 Å². The average Bonchev–Trinajstić information content (AvgIpc) is 2.45. The maximum Gasteiger partial charge on any atom is 0.126 e. The van der Waals surface area contributed by atoms with Gasteiger partial charge in [0, 0.05) is 6.42 Å². The Hall–Kier alpha value is -1.50. The predicted octanol–water partition coefficient (Wildman–Crippen LogP) is 5.35. The van der Waals surface area contributed by atoms with Gasteiger partial charge in [0.05, 0.1) is 0 Å². The quantitative estimate of drug-likeness (QED) is 0.667. The summed E-state index contributed by atoms with van der Waals surface area (Å²) < 4.78 is 5.67. The standard InChI is InChI=1S/C12H12O.2C2H6/c1-3-7-11(8-4-1)13-12-9-5-2-6-10-12;2*1-2/h1-5,7-9H,6,10H2;2*1-2H3. The molecule has 94 valence electrons. The molecule has 2 rings (SSSR count). The third-order valence-corrected chi connectivity index (χ3v) is 1.97. The summed E-state index contributed by atoms with van der Waals surface area (Å²) >= 11 is 0. The lowest BCUT2D eigenvalue weighted by molar-refractivity contribution is 0.403. The fraction of sp³-hybridized carbons (Fsp3) is 0.375. The molecule has 1 nitrogen and oxygen atoms in total. The SMILES string of the molecule is C1=CCCC(Oc2ccccc2)=C1.CC.CC. The van der Waals surface area contributed by atoms with Gasteiger partial charge >= 0.3 is 0 Å². The Morgan fingerprint density at radius 2 is 1.59 bits per heavy atom. The van der Waals surface area contributed by atoms with E-state index in [1.165, 1.54) is 0 Å². The average molecular weight is 232 g/mol. The minimum Gasteiger partial charge on any atom is -0.462 e. The maximum atomic E-state index is 5.67. The van der Waals surface area contributed by atoms with Gasteiger partial charge in [-0.05, 0) is 24.6 Å². The van der Waals surface area contributed by atoms with E-state index >= 15 is 0 Å². The van der Waals surface area contributed by atoms with E-state index in [1.54, 1.807) is 0 Å². The molecule has 1 aliphatic rings. The molecule has 0 atom stereocenters. The van der Waals surface area contributed by atoms with Crippen LogP contribution in [0.25, 0.3) is 0 Å². The summed E-state index contributed by atoms with van der Waals surface area (Å²) in [5.41, 5.74) is 0. The fourth-order valence-corrected chi connectivity index (χ4v) is 1.31. The number of hydrogen-bond donors (Lipinski definition) is 0. The topological polar surface area (TPSA) is 9.23 Å². The molecule has 17 heavy (non-hydrogen) atoms. The van der Waals surface area contributed by atoms with Crippen LogP contribution in [0.15, 0.2) is 54.3 Å². The molecule has 0 heterocycles. The van der Waals surface area contributed by atoms with Gasteiger partial charge in [-0.1, -0.05) is 58.0 Å². The summed E-state index contributed by atoms with van der Waals surface area (Å²) in [5.74, 6) is 1.97. The van der Waals surface area contributed by atoms with Gasteiger partial charge in [-0.3, -0.25) is 0 Å². The lowest BCUT2D eigenvalue weighted by Crippen LogP contribution is -1.96. The van der Waals surface area contributed by atoms with Crippen LogP contribution in [0.1, 0.15) is 40.5 Å². The summed E-state index contributed by atoms with van der Waals surface area (Å²) in [6.07, 6.45) is 8.31. The molecule has 0 N–H and O–H groups in total. The first-order chi connectivity index (χ1) is 8.45. The van der Waals surface area contributed by atoms with Crippen LogP contribution in [-0.4, -0.2) is 0 Å². The summed E-state index contributed by atoms with van der Waals surface area (Å²) in [5, 5.41) is 0. The molecule has 0 fully saturated rings. The number of allylic oxidation sites excluding steroid dienone is 4. The Balaban J connectivity index is 0.000000581. The summed E-state index contributed by atoms with van der Waals surface area (Å²) in [7, 11) is 0. The first-order valence-corrected chi connectivity index (χ1v) is 6.54. The van der Waals surface area contributed by atoms with Crippen LogP contribution in [0.5, 0.6) is 5.75 Å². The van der Waals surface area contributed by atoms with Crippen molar-refractivity contribution in [3.63, 3.8) is 0 Å². The molecule has 0 saturated heterocycles. The van der Waals surface area contributed by atoms with E-state index in [1.807, 2.05) is 70.2 Å². The van der Waals surface area contributed by atoms with E-state index in [9.17, 15) is 0 Å². The number of hydrogen-bond acceptors (Lipinski definition) is 1. The van der Waals surface area contributed by atoms with Crippen molar-refractivity contribution in [2.75, 3.05) is 0 Å². The van der Waals surface area contributed by atoms with Gasteiger partial charge < -0.3 is 4.74 Å². The number of ether oxygens (including phenoxy) is 1. The highest BCUT2D eigenvalue weighted by Gasteiger charge is 2.00. The fourth-order valence-electron chi connectivity index (χ4n) is 1.31. The van der Waals surface area contributed by atoms with Gasteiger partial charge in [-0.15, -0.1) is 0 Å². The molecule has 0 aliphatic heterocycles. The third-order valence-electron chi connectivity index (χ3n) is 1.97. The zero-order valence-electron chi connectivity index (χ0n) is 11.4. The van der Waals surface area contributed by atoms with Crippen LogP contribution in [-0.2, 0) is 0 Å². The highest BCUT2D eigenvalue weighted by Crippen LogP contribution is 2.18. The van der Waals surface area contributed by atoms with Crippen molar-refractivity contribution in [2.45, 2.75) is 40.5 Å². The predicted molar refractivity (Wildman–Crippen MR) is 76.2 cm³/mol. The lowest BCUT2D eigenvalue weighted by Gasteiger charge is -2.10. The monoisotopic (exact) mass is 232 g/mol. The van der Waals surface area contributed by atoms with Gasteiger partial charge in [0.2, 0.25) is 0 Å². The normalized spacial score (nSPS) is 12.4. The zero-order chi connectivity index (χ0) is 12.9. The summed E-state index contributed by atoms with van der Waals surface area (Å²) in [4.78, 5) is 0. The third kappa shape index (κ3) is 6.62. The van der Waals surface area contributed by atoms with Gasteiger partial charge in [0.25, 0.3) is 0 Å². The Kier molecular flexibility index (Phi) is 10.0. The van der Waals surface area contributed by atoms with E-state index in [2.05, 4.69) is 6.08 Å². The van der Waals surface area contributed by atoms with E-state index in [-0.39, 0.29) is 0 Å². The van der Waals surface area contributed by atoms with Crippen molar-refractivity contribution in [3.8, 4) is 5.75 Å². The lowest BCUT2D eigenvalue weighted by atomic mass is 10.2. The molecule has 0 amide bonds. The van der Waals surface area contributed by atoms with Crippen molar-refractivity contribution in [1.29, 1.82) is 0 Å². The summed E-state index contributed by atoms with van der Waals surface area (Å²) in [6.45, 7) is 8.00. The molecule has 1 aromatic carbocycles. The van der Waals surface area contributed by atoms with Crippen LogP contribution in [0, 0.1) is 0 Å². The Bertz CT molecular complexity index is 323. The second kappa shape index (κ2) is 11.0.